The number of rotatable bonds is 4. The van der Waals surface area contributed by atoms with Crippen LogP contribution in [0, 0.1) is 0 Å². The summed E-state index contributed by atoms with van der Waals surface area (Å²) in [5, 5.41) is 6.91. The van der Waals surface area contributed by atoms with E-state index in [1.54, 1.807) is 6.92 Å². The second-order valence-electron chi connectivity index (χ2n) is 4.12. The van der Waals surface area contributed by atoms with Gasteiger partial charge in [-0.3, -0.25) is 4.79 Å². The van der Waals surface area contributed by atoms with Gasteiger partial charge in [0.05, 0.1) is 11.7 Å². The van der Waals surface area contributed by atoms with Crippen LogP contribution in [0.3, 0.4) is 0 Å². The van der Waals surface area contributed by atoms with Crippen LogP contribution in [-0.4, -0.2) is 20.7 Å². The van der Waals surface area contributed by atoms with Gasteiger partial charge in [-0.25, -0.2) is 9.67 Å². The van der Waals surface area contributed by atoms with Crippen molar-refractivity contribution < 1.29 is 4.79 Å². The van der Waals surface area contributed by atoms with Gasteiger partial charge in [0, 0.05) is 4.47 Å². The molecule has 2 aromatic rings. The summed E-state index contributed by atoms with van der Waals surface area (Å²) in [5.41, 5.74) is 6.38. The van der Waals surface area contributed by atoms with Gasteiger partial charge in [-0.2, -0.15) is 5.10 Å². The van der Waals surface area contributed by atoms with E-state index in [9.17, 15) is 4.79 Å². The molecule has 6 nitrogen and oxygen atoms in total. The number of para-hydroxylation sites is 1. The highest BCUT2D eigenvalue weighted by atomic mass is 79.9. The molecule has 0 fully saturated rings. The maximum absolute atomic E-state index is 11.9. The molecule has 0 bridgehead atoms. The van der Waals surface area contributed by atoms with Gasteiger partial charge in [0.15, 0.2) is 5.82 Å². The molecule has 1 atom stereocenters. The van der Waals surface area contributed by atoms with Crippen LogP contribution in [0.15, 0.2) is 35.1 Å². The third kappa shape index (κ3) is 3.62. The molecule has 1 amide bonds. The maximum Gasteiger partial charge on any atom is 0.246 e. The predicted octanol–water partition coefficient (Wildman–Crippen LogP) is 1.70. The Balaban J connectivity index is 1.99. The van der Waals surface area contributed by atoms with Crippen LogP contribution >= 0.6 is 15.9 Å². The summed E-state index contributed by atoms with van der Waals surface area (Å²) in [6.45, 7) is 1.89. The molecule has 100 valence electrons. The highest BCUT2D eigenvalue weighted by Gasteiger charge is 2.09. The molecule has 0 radical (unpaired) electrons. The van der Waals surface area contributed by atoms with Gasteiger partial charge in [-0.1, -0.05) is 12.1 Å². The number of halogens is 1. The van der Waals surface area contributed by atoms with Gasteiger partial charge >= 0.3 is 0 Å². The molecule has 0 aliphatic heterocycles. The highest BCUT2D eigenvalue weighted by Crippen LogP contribution is 2.20. The zero-order valence-electron chi connectivity index (χ0n) is 10.4. The van der Waals surface area contributed by atoms with Crippen LogP contribution in [0.4, 0.5) is 5.69 Å². The van der Waals surface area contributed by atoms with Crippen molar-refractivity contribution in [2.24, 2.45) is 5.73 Å². The number of carbonyl (C=O) groups is 1. The van der Waals surface area contributed by atoms with Crippen molar-refractivity contribution in [1.29, 1.82) is 0 Å². The zero-order valence-corrected chi connectivity index (χ0v) is 12.0. The lowest BCUT2D eigenvalue weighted by atomic mass is 10.3. The molecular weight excluding hydrogens is 310 g/mol. The third-order valence-electron chi connectivity index (χ3n) is 2.42. The fourth-order valence-electron chi connectivity index (χ4n) is 1.49. The first-order valence-corrected chi connectivity index (χ1v) is 6.55. The number of carbonyl (C=O) groups excluding carboxylic acids is 1. The second kappa shape index (κ2) is 5.94. The van der Waals surface area contributed by atoms with Crippen LogP contribution in [0.1, 0.15) is 18.8 Å². The van der Waals surface area contributed by atoms with Gasteiger partial charge in [-0.05, 0) is 35.0 Å². The van der Waals surface area contributed by atoms with Gasteiger partial charge in [0.25, 0.3) is 0 Å². The van der Waals surface area contributed by atoms with E-state index in [1.807, 2.05) is 24.3 Å². The molecule has 0 aliphatic carbocycles. The van der Waals surface area contributed by atoms with Crippen molar-refractivity contribution in [1.82, 2.24) is 14.8 Å². The van der Waals surface area contributed by atoms with E-state index < -0.39 is 0 Å². The van der Waals surface area contributed by atoms with E-state index in [1.165, 1.54) is 11.0 Å². The molecule has 1 unspecified atom stereocenters. The number of nitrogens with two attached hydrogens (primary N) is 1. The van der Waals surface area contributed by atoms with Crippen molar-refractivity contribution >= 4 is 27.5 Å². The summed E-state index contributed by atoms with van der Waals surface area (Å²) >= 11 is 3.37. The summed E-state index contributed by atoms with van der Waals surface area (Å²) < 4.78 is 2.29. The van der Waals surface area contributed by atoms with E-state index in [2.05, 4.69) is 31.3 Å². The van der Waals surface area contributed by atoms with Crippen LogP contribution in [0.25, 0.3) is 0 Å². The number of nitrogens with zero attached hydrogens (tertiary/aromatic N) is 3. The van der Waals surface area contributed by atoms with E-state index in [0.29, 0.717) is 5.82 Å². The largest absolute Gasteiger partial charge is 0.323 e. The topological polar surface area (TPSA) is 85.8 Å². The standard InChI is InChI=1S/C12H14BrN5O/c1-8(14)12-15-7-18(17-12)6-11(19)16-10-5-3-2-4-9(10)13/h2-5,7-8H,6,14H2,1H3,(H,16,19). The molecule has 2 rings (SSSR count). The molecule has 3 N–H and O–H groups in total. The normalized spacial score (nSPS) is 12.2. The maximum atomic E-state index is 11.9. The van der Waals surface area contributed by atoms with Gasteiger partial charge in [0.1, 0.15) is 12.9 Å². The van der Waals surface area contributed by atoms with Gasteiger partial charge in [-0.15, -0.1) is 0 Å². The first-order chi connectivity index (χ1) is 9.06. The van der Waals surface area contributed by atoms with Crippen LogP contribution in [0.2, 0.25) is 0 Å². The van der Waals surface area contributed by atoms with Crippen molar-refractivity contribution in [2.75, 3.05) is 5.32 Å². The number of anilines is 1. The first kappa shape index (κ1) is 13.7. The van der Waals surface area contributed by atoms with Gasteiger partial charge in [0.2, 0.25) is 5.91 Å². The molecular formula is C12H14BrN5O. The second-order valence-corrected chi connectivity index (χ2v) is 4.97. The number of hydrogen-bond acceptors (Lipinski definition) is 4. The summed E-state index contributed by atoms with van der Waals surface area (Å²) in [4.78, 5) is 15.9. The monoisotopic (exact) mass is 323 g/mol. The average Bonchev–Trinajstić information content (AvgIpc) is 2.80. The summed E-state index contributed by atoms with van der Waals surface area (Å²) in [6, 6.07) is 7.17. The van der Waals surface area contributed by atoms with E-state index in [0.717, 1.165) is 10.2 Å². The van der Waals surface area contributed by atoms with E-state index >= 15 is 0 Å². The highest BCUT2D eigenvalue weighted by molar-refractivity contribution is 9.10. The minimum absolute atomic E-state index is 0.0983. The number of benzene rings is 1. The third-order valence-corrected chi connectivity index (χ3v) is 3.11. The Hall–Kier alpha value is -1.73. The summed E-state index contributed by atoms with van der Waals surface area (Å²) in [5.74, 6) is 0.349. The Morgan fingerprint density at radius 2 is 2.26 bits per heavy atom. The quantitative estimate of drug-likeness (QED) is 0.896. The van der Waals surface area contributed by atoms with Gasteiger partial charge < -0.3 is 11.1 Å². The summed E-state index contributed by atoms with van der Waals surface area (Å²) in [7, 11) is 0. The molecule has 0 spiro atoms. The fourth-order valence-corrected chi connectivity index (χ4v) is 1.88. The van der Waals surface area contributed by atoms with E-state index in [-0.39, 0.29) is 18.5 Å². The molecule has 0 saturated heterocycles. The van der Waals surface area contributed by atoms with Crippen LogP contribution in [0.5, 0.6) is 0 Å². The number of aromatic nitrogens is 3. The Bertz CT molecular complexity index is 581. The smallest absolute Gasteiger partial charge is 0.246 e. The Labute approximate surface area is 119 Å². The molecule has 0 saturated carbocycles. The molecule has 19 heavy (non-hydrogen) atoms. The minimum Gasteiger partial charge on any atom is -0.323 e. The molecule has 1 heterocycles. The van der Waals surface area contributed by atoms with Crippen molar-refractivity contribution in [3.05, 3.63) is 40.9 Å². The molecule has 1 aromatic carbocycles. The minimum atomic E-state index is -0.243. The Morgan fingerprint density at radius 1 is 1.53 bits per heavy atom. The number of amides is 1. The lowest BCUT2D eigenvalue weighted by Crippen LogP contribution is -2.19. The van der Waals surface area contributed by atoms with Crippen molar-refractivity contribution in [3.63, 3.8) is 0 Å². The predicted molar refractivity (Wildman–Crippen MR) is 75.4 cm³/mol. The molecule has 1 aromatic heterocycles. The number of nitrogens with one attached hydrogen (secondary N) is 1. The van der Waals surface area contributed by atoms with Crippen LogP contribution < -0.4 is 11.1 Å². The Kier molecular flexibility index (Phi) is 4.28. The summed E-state index contributed by atoms with van der Waals surface area (Å²) in [6.07, 6.45) is 1.50. The Morgan fingerprint density at radius 3 is 2.89 bits per heavy atom. The lowest BCUT2D eigenvalue weighted by Gasteiger charge is -2.06. The fraction of sp³-hybridized carbons (Fsp3) is 0.250. The zero-order chi connectivity index (χ0) is 13.8. The average molecular weight is 324 g/mol. The SMILES string of the molecule is CC(N)c1ncn(CC(=O)Nc2ccccc2Br)n1. The van der Waals surface area contributed by atoms with Crippen LogP contribution in [-0.2, 0) is 11.3 Å². The first-order valence-electron chi connectivity index (χ1n) is 5.75. The van der Waals surface area contributed by atoms with E-state index in [4.69, 9.17) is 5.73 Å². The molecule has 0 aliphatic rings. The lowest BCUT2D eigenvalue weighted by molar-refractivity contribution is -0.116. The number of hydrogen-bond donors (Lipinski definition) is 2. The van der Waals surface area contributed by atoms with Crippen molar-refractivity contribution in [3.8, 4) is 0 Å². The van der Waals surface area contributed by atoms with Crippen molar-refractivity contribution in [2.45, 2.75) is 19.5 Å². The molecule has 7 heteroatoms.